The van der Waals surface area contributed by atoms with Crippen LogP contribution in [-0.2, 0) is 4.79 Å². The molecule has 2 N–H and O–H groups in total. The highest BCUT2D eigenvalue weighted by Crippen LogP contribution is 2.16. The van der Waals surface area contributed by atoms with E-state index in [4.69, 9.17) is 5.73 Å². The molecule has 1 amide bonds. The highest BCUT2D eigenvalue weighted by Gasteiger charge is 2.21. The van der Waals surface area contributed by atoms with Gasteiger partial charge in [-0.25, -0.2) is 0 Å². The summed E-state index contributed by atoms with van der Waals surface area (Å²) in [6.45, 7) is 8.11. The van der Waals surface area contributed by atoms with Crippen LogP contribution in [0.15, 0.2) is 23.6 Å². The maximum Gasteiger partial charge on any atom is 0.246 e. The van der Waals surface area contributed by atoms with Crippen molar-refractivity contribution in [1.29, 1.82) is 0 Å². The number of nitrogens with zero attached hydrogens (tertiary/aromatic N) is 1. The van der Waals surface area contributed by atoms with Gasteiger partial charge in [0.15, 0.2) is 0 Å². The number of amides is 1. The fraction of sp³-hybridized carbons (Fsp3) is 0.500. The Morgan fingerprint density at radius 2 is 2.28 bits per heavy atom. The van der Waals surface area contributed by atoms with Crippen LogP contribution < -0.4 is 5.73 Å². The lowest BCUT2D eigenvalue weighted by atomic mass is 9.93. The second-order valence-electron chi connectivity index (χ2n) is 5.07. The van der Waals surface area contributed by atoms with Crippen LogP contribution in [-0.4, -0.2) is 30.4 Å². The van der Waals surface area contributed by atoms with Crippen molar-refractivity contribution in [3.63, 3.8) is 0 Å². The van der Waals surface area contributed by atoms with E-state index in [1.165, 1.54) is 0 Å². The van der Waals surface area contributed by atoms with Gasteiger partial charge in [0.25, 0.3) is 0 Å². The normalized spacial score (nSPS) is 12.0. The van der Waals surface area contributed by atoms with Crippen molar-refractivity contribution in [2.24, 2.45) is 11.1 Å². The van der Waals surface area contributed by atoms with Crippen LogP contribution in [0.1, 0.15) is 25.6 Å². The zero-order valence-corrected chi connectivity index (χ0v) is 12.2. The number of hydrogen-bond acceptors (Lipinski definition) is 3. The van der Waals surface area contributed by atoms with E-state index in [1.54, 1.807) is 17.4 Å². The average Bonchev–Trinajstić information content (AvgIpc) is 2.86. The van der Waals surface area contributed by atoms with Crippen molar-refractivity contribution in [2.45, 2.75) is 20.8 Å². The number of likely N-dealkylation sites (N-methyl/N-ethyl adjacent to an activating group) is 1. The highest BCUT2D eigenvalue weighted by atomic mass is 32.1. The van der Waals surface area contributed by atoms with Gasteiger partial charge in [-0.1, -0.05) is 19.9 Å². The second-order valence-corrected chi connectivity index (χ2v) is 6.05. The van der Waals surface area contributed by atoms with E-state index in [2.05, 4.69) is 13.8 Å². The molecule has 0 aromatic carbocycles. The third-order valence-corrected chi connectivity index (χ3v) is 3.64. The van der Waals surface area contributed by atoms with Crippen LogP contribution in [0.3, 0.4) is 0 Å². The Hall–Kier alpha value is -1.13. The van der Waals surface area contributed by atoms with E-state index in [9.17, 15) is 4.79 Å². The van der Waals surface area contributed by atoms with Gasteiger partial charge in [0.2, 0.25) is 5.91 Å². The molecule has 0 spiro atoms. The van der Waals surface area contributed by atoms with Gasteiger partial charge in [0, 0.05) is 24.0 Å². The molecule has 1 aromatic rings. The lowest BCUT2D eigenvalue weighted by Crippen LogP contribution is -2.41. The quantitative estimate of drug-likeness (QED) is 0.804. The molecule has 0 bridgehead atoms. The highest BCUT2D eigenvalue weighted by molar-refractivity contribution is 7.10. The fourth-order valence-electron chi connectivity index (χ4n) is 1.57. The van der Waals surface area contributed by atoms with Gasteiger partial charge in [-0.15, -0.1) is 11.3 Å². The van der Waals surface area contributed by atoms with Crippen molar-refractivity contribution >= 4 is 23.3 Å². The zero-order chi connectivity index (χ0) is 13.6. The van der Waals surface area contributed by atoms with Gasteiger partial charge in [-0.05, 0) is 36.4 Å². The van der Waals surface area contributed by atoms with Crippen LogP contribution in [0.2, 0.25) is 0 Å². The van der Waals surface area contributed by atoms with Gasteiger partial charge < -0.3 is 10.6 Å². The number of carbonyl (C=O) groups excluding carboxylic acids is 1. The smallest absolute Gasteiger partial charge is 0.246 e. The lowest BCUT2D eigenvalue weighted by Gasteiger charge is -2.30. The molecule has 1 aromatic heterocycles. The summed E-state index contributed by atoms with van der Waals surface area (Å²) in [5.74, 6) is 0.0485. The summed E-state index contributed by atoms with van der Waals surface area (Å²) in [7, 11) is 0. The Bertz CT molecular complexity index is 396. The molecular weight excluding hydrogens is 244 g/mol. The number of hydrogen-bond donors (Lipinski definition) is 1. The monoisotopic (exact) mass is 266 g/mol. The van der Waals surface area contributed by atoms with E-state index in [-0.39, 0.29) is 11.3 Å². The van der Waals surface area contributed by atoms with Crippen molar-refractivity contribution in [2.75, 3.05) is 19.6 Å². The van der Waals surface area contributed by atoms with Gasteiger partial charge in [0.05, 0.1) is 0 Å². The van der Waals surface area contributed by atoms with Crippen molar-refractivity contribution in [3.05, 3.63) is 28.5 Å². The molecule has 0 unspecified atom stereocenters. The maximum atomic E-state index is 12.1. The minimum atomic E-state index is -0.0392. The van der Waals surface area contributed by atoms with E-state index in [0.717, 1.165) is 4.88 Å². The standard InChI is InChI=1S/C14H22N2OS/c1-4-16(11-14(2,3)10-15)13(17)8-7-12-6-5-9-18-12/h5-9H,4,10-11,15H2,1-3H3. The summed E-state index contributed by atoms with van der Waals surface area (Å²) < 4.78 is 0. The van der Waals surface area contributed by atoms with Gasteiger partial charge >= 0.3 is 0 Å². The predicted molar refractivity (Wildman–Crippen MR) is 78.4 cm³/mol. The SMILES string of the molecule is CCN(CC(C)(C)CN)C(=O)C=Cc1cccs1. The van der Waals surface area contributed by atoms with Crippen LogP contribution in [0, 0.1) is 5.41 Å². The fourth-order valence-corrected chi connectivity index (χ4v) is 2.19. The molecule has 4 heteroatoms. The first-order valence-electron chi connectivity index (χ1n) is 6.19. The number of nitrogens with two attached hydrogens (primary N) is 1. The Morgan fingerprint density at radius 3 is 2.78 bits per heavy atom. The largest absolute Gasteiger partial charge is 0.339 e. The lowest BCUT2D eigenvalue weighted by molar-refractivity contribution is -0.127. The molecule has 100 valence electrons. The minimum absolute atomic E-state index is 0.0392. The van der Waals surface area contributed by atoms with Crippen molar-refractivity contribution in [3.8, 4) is 0 Å². The minimum Gasteiger partial charge on any atom is -0.339 e. The molecule has 3 nitrogen and oxygen atoms in total. The van der Waals surface area contributed by atoms with Gasteiger partial charge in [-0.3, -0.25) is 4.79 Å². The number of thiophene rings is 1. The van der Waals surface area contributed by atoms with E-state index in [1.807, 2.05) is 35.4 Å². The summed E-state index contributed by atoms with van der Waals surface area (Å²) in [6.07, 6.45) is 3.51. The summed E-state index contributed by atoms with van der Waals surface area (Å²) in [4.78, 5) is 15.0. The Labute approximate surface area is 113 Å². The Morgan fingerprint density at radius 1 is 1.56 bits per heavy atom. The molecule has 1 heterocycles. The molecule has 0 saturated carbocycles. The molecule has 0 radical (unpaired) electrons. The first kappa shape index (κ1) is 14.9. The van der Waals surface area contributed by atoms with Crippen LogP contribution in [0.5, 0.6) is 0 Å². The number of carbonyl (C=O) groups is 1. The summed E-state index contributed by atoms with van der Waals surface area (Å²) in [5, 5.41) is 2.00. The Kier molecular flexibility index (Phi) is 5.56. The summed E-state index contributed by atoms with van der Waals surface area (Å²) in [6, 6.07) is 3.97. The first-order valence-corrected chi connectivity index (χ1v) is 7.07. The summed E-state index contributed by atoms with van der Waals surface area (Å²) in [5.41, 5.74) is 5.67. The molecule has 0 aliphatic heterocycles. The van der Waals surface area contributed by atoms with Crippen LogP contribution in [0.25, 0.3) is 6.08 Å². The Balaban J connectivity index is 2.63. The van der Waals surface area contributed by atoms with Crippen molar-refractivity contribution in [1.82, 2.24) is 4.90 Å². The molecule has 0 atom stereocenters. The number of rotatable bonds is 6. The van der Waals surface area contributed by atoms with E-state index >= 15 is 0 Å². The third-order valence-electron chi connectivity index (χ3n) is 2.80. The maximum absolute atomic E-state index is 12.1. The predicted octanol–water partition coefficient (Wildman–Crippen LogP) is 2.59. The molecule has 1 rings (SSSR count). The molecule has 0 fully saturated rings. The van der Waals surface area contributed by atoms with Crippen LogP contribution >= 0.6 is 11.3 Å². The van der Waals surface area contributed by atoms with E-state index in [0.29, 0.717) is 19.6 Å². The van der Waals surface area contributed by atoms with E-state index < -0.39 is 0 Å². The average molecular weight is 266 g/mol. The molecule has 0 aliphatic rings. The molecule has 0 aliphatic carbocycles. The second kappa shape index (κ2) is 6.71. The van der Waals surface area contributed by atoms with Crippen LogP contribution in [0.4, 0.5) is 0 Å². The summed E-state index contributed by atoms with van der Waals surface area (Å²) >= 11 is 1.62. The first-order chi connectivity index (χ1) is 8.48. The topological polar surface area (TPSA) is 46.3 Å². The third kappa shape index (κ3) is 4.63. The van der Waals surface area contributed by atoms with Gasteiger partial charge in [0.1, 0.15) is 0 Å². The molecular formula is C14H22N2OS. The molecule has 18 heavy (non-hydrogen) atoms. The van der Waals surface area contributed by atoms with Gasteiger partial charge in [-0.2, -0.15) is 0 Å². The van der Waals surface area contributed by atoms with Crippen molar-refractivity contribution < 1.29 is 4.79 Å². The zero-order valence-electron chi connectivity index (χ0n) is 11.3. The molecule has 0 saturated heterocycles.